The van der Waals surface area contributed by atoms with Crippen molar-refractivity contribution in [3.05, 3.63) is 71.4 Å². The minimum Gasteiger partial charge on any atom is -0.465 e. The molecular weight excluding hydrogens is 342 g/mol. The van der Waals surface area contributed by atoms with Gasteiger partial charge in [-0.15, -0.1) is 0 Å². The number of nitrogens with zero attached hydrogens (tertiary/aromatic N) is 2. The number of nitriles is 1. The van der Waals surface area contributed by atoms with E-state index in [1.807, 2.05) is 42.2 Å². The second-order valence-electron chi connectivity index (χ2n) is 6.23. The van der Waals surface area contributed by atoms with Crippen molar-refractivity contribution in [1.29, 1.82) is 5.26 Å². The second-order valence-corrected chi connectivity index (χ2v) is 6.23. The maximum atomic E-state index is 12.6. The quantitative estimate of drug-likeness (QED) is 0.513. The number of esters is 1. The molecule has 136 valence electrons. The van der Waals surface area contributed by atoms with Crippen molar-refractivity contribution < 1.29 is 14.3 Å². The monoisotopic (exact) mass is 361 g/mol. The second kappa shape index (κ2) is 7.75. The zero-order chi connectivity index (χ0) is 19.4. The highest BCUT2D eigenvalue weighted by Gasteiger charge is 2.26. The van der Waals surface area contributed by atoms with E-state index in [1.165, 1.54) is 12.7 Å². The van der Waals surface area contributed by atoms with Crippen LogP contribution in [0.4, 0.5) is 11.4 Å². The first-order chi connectivity index (χ1) is 13.0. The molecule has 0 aromatic heterocycles. The number of methoxy groups -OCH3 is 1. The van der Waals surface area contributed by atoms with Crippen molar-refractivity contribution in [3.63, 3.8) is 0 Å². The van der Waals surface area contributed by atoms with E-state index in [4.69, 9.17) is 4.74 Å². The predicted molar refractivity (Wildman–Crippen MR) is 102 cm³/mol. The van der Waals surface area contributed by atoms with Gasteiger partial charge < -0.3 is 15.0 Å². The van der Waals surface area contributed by atoms with Crippen molar-refractivity contribution in [3.8, 4) is 6.07 Å². The molecule has 3 rings (SSSR count). The van der Waals surface area contributed by atoms with Gasteiger partial charge >= 0.3 is 5.97 Å². The lowest BCUT2D eigenvalue weighted by Gasteiger charge is -2.20. The number of nitrogens with one attached hydrogen (secondary N) is 1. The summed E-state index contributed by atoms with van der Waals surface area (Å²) < 4.78 is 4.73. The van der Waals surface area contributed by atoms with Gasteiger partial charge in [0.2, 0.25) is 0 Å². The molecule has 1 aliphatic rings. The third-order valence-corrected chi connectivity index (χ3v) is 4.47. The molecule has 0 saturated heterocycles. The number of benzene rings is 2. The summed E-state index contributed by atoms with van der Waals surface area (Å²) in [5, 5.41) is 12.1. The molecule has 1 aliphatic heterocycles. The molecule has 6 nitrogen and oxygen atoms in total. The molecule has 1 N–H and O–H groups in total. The van der Waals surface area contributed by atoms with Crippen LogP contribution in [-0.2, 0) is 16.0 Å². The summed E-state index contributed by atoms with van der Waals surface area (Å²) in [6.45, 7) is 2.04. The molecule has 0 fully saturated rings. The summed E-state index contributed by atoms with van der Waals surface area (Å²) in [4.78, 5) is 26.4. The number of para-hydroxylation sites is 2. The number of carbonyl (C=O) groups is 2. The molecule has 2 aromatic rings. The molecule has 6 heteroatoms. The van der Waals surface area contributed by atoms with Crippen LogP contribution in [-0.4, -0.2) is 25.0 Å². The topological polar surface area (TPSA) is 82.4 Å². The normalized spacial score (nSPS) is 15.7. The maximum absolute atomic E-state index is 12.6. The lowest BCUT2D eigenvalue weighted by Crippen LogP contribution is -2.26. The number of ether oxygens (including phenoxy) is 1. The van der Waals surface area contributed by atoms with E-state index in [-0.39, 0.29) is 17.2 Å². The van der Waals surface area contributed by atoms with Crippen LogP contribution in [0.5, 0.6) is 0 Å². The first-order valence-electron chi connectivity index (χ1n) is 8.52. The summed E-state index contributed by atoms with van der Waals surface area (Å²) in [6, 6.07) is 16.5. The van der Waals surface area contributed by atoms with Gasteiger partial charge in [-0.2, -0.15) is 5.26 Å². The molecule has 0 bridgehead atoms. The predicted octanol–water partition coefficient (Wildman–Crippen LogP) is 3.27. The SMILES string of the molecule is COC(=O)c1ccccc1NC(=O)/C(C#N)=C\N1c2ccccc2CC1C. The Morgan fingerprint density at radius 1 is 1.22 bits per heavy atom. The Balaban J connectivity index is 1.87. The van der Waals surface area contributed by atoms with Crippen LogP contribution in [0.15, 0.2) is 60.3 Å². The maximum Gasteiger partial charge on any atom is 0.339 e. The van der Waals surface area contributed by atoms with Crippen molar-refractivity contribution in [2.24, 2.45) is 0 Å². The summed E-state index contributed by atoms with van der Waals surface area (Å²) in [5.41, 5.74) is 2.64. The number of anilines is 2. The van der Waals surface area contributed by atoms with Crippen molar-refractivity contribution in [1.82, 2.24) is 0 Å². The van der Waals surface area contributed by atoms with Crippen LogP contribution in [0.3, 0.4) is 0 Å². The first kappa shape index (κ1) is 18.2. The molecule has 1 heterocycles. The largest absolute Gasteiger partial charge is 0.465 e. The van der Waals surface area contributed by atoms with E-state index < -0.39 is 11.9 Å². The fourth-order valence-corrected chi connectivity index (χ4v) is 3.13. The van der Waals surface area contributed by atoms with Crippen molar-refractivity contribution in [2.75, 3.05) is 17.3 Å². The number of amides is 1. The zero-order valence-corrected chi connectivity index (χ0v) is 15.1. The summed E-state index contributed by atoms with van der Waals surface area (Å²) >= 11 is 0. The van der Waals surface area contributed by atoms with Crippen LogP contribution in [0.1, 0.15) is 22.8 Å². The average Bonchev–Trinajstić information content (AvgIpc) is 3.00. The molecule has 0 aliphatic carbocycles. The summed E-state index contributed by atoms with van der Waals surface area (Å²) in [7, 11) is 1.27. The highest BCUT2D eigenvalue weighted by Crippen LogP contribution is 2.32. The minimum absolute atomic E-state index is 0.0433. The highest BCUT2D eigenvalue weighted by atomic mass is 16.5. The number of hydrogen-bond acceptors (Lipinski definition) is 5. The standard InChI is InChI=1S/C21H19N3O3/c1-14-11-15-7-3-6-10-19(15)24(14)13-16(12-22)20(25)23-18-9-5-4-8-17(18)21(26)27-2/h3-10,13-14H,11H2,1-2H3,(H,23,25)/b16-13-. The zero-order valence-electron chi connectivity index (χ0n) is 15.1. The number of hydrogen-bond donors (Lipinski definition) is 1. The van der Waals surface area contributed by atoms with E-state index in [1.54, 1.807) is 30.5 Å². The van der Waals surface area contributed by atoms with E-state index in [9.17, 15) is 14.9 Å². The van der Waals surface area contributed by atoms with Crippen molar-refractivity contribution >= 4 is 23.3 Å². The smallest absolute Gasteiger partial charge is 0.339 e. The van der Waals surface area contributed by atoms with Gasteiger partial charge in [0.15, 0.2) is 0 Å². The average molecular weight is 361 g/mol. The summed E-state index contributed by atoms with van der Waals surface area (Å²) in [6.07, 6.45) is 2.41. The lowest BCUT2D eigenvalue weighted by atomic mass is 10.1. The number of rotatable bonds is 4. The first-order valence-corrected chi connectivity index (χ1v) is 8.52. The Morgan fingerprint density at radius 2 is 1.93 bits per heavy atom. The van der Waals surface area contributed by atoms with Gasteiger partial charge in [-0.1, -0.05) is 30.3 Å². The van der Waals surface area contributed by atoms with E-state index in [0.717, 1.165) is 12.1 Å². The van der Waals surface area contributed by atoms with Crippen LogP contribution < -0.4 is 10.2 Å². The Labute approximate surface area is 157 Å². The third kappa shape index (κ3) is 3.67. The molecule has 2 aromatic carbocycles. The van der Waals surface area contributed by atoms with Gasteiger partial charge in [-0.3, -0.25) is 4.79 Å². The molecule has 0 saturated carbocycles. The van der Waals surface area contributed by atoms with E-state index in [0.29, 0.717) is 5.69 Å². The molecule has 0 spiro atoms. The van der Waals surface area contributed by atoms with Crippen LogP contribution in [0.2, 0.25) is 0 Å². The minimum atomic E-state index is -0.578. The molecule has 1 unspecified atom stereocenters. The fourth-order valence-electron chi connectivity index (χ4n) is 3.13. The molecule has 0 radical (unpaired) electrons. The van der Waals surface area contributed by atoms with Crippen LogP contribution in [0, 0.1) is 11.3 Å². The number of carbonyl (C=O) groups excluding carboxylic acids is 2. The Morgan fingerprint density at radius 3 is 2.67 bits per heavy atom. The fraction of sp³-hybridized carbons (Fsp3) is 0.190. The Kier molecular flexibility index (Phi) is 5.23. The number of fused-ring (bicyclic) bond motifs is 1. The third-order valence-electron chi connectivity index (χ3n) is 4.47. The Bertz CT molecular complexity index is 959. The summed E-state index contributed by atoms with van der Waals surface area (Å²) in [5.74, 6) is -1.14. The van der Waals surface area contributed by atoms with Crippen molar-refractivity contribution in [2.45, 2.75) is 19.4 Å². The van der Waals surface area contributed by atoms with Crippen LogP contribution in [0.25, 0.3) is 0 Å². The van der Waals surface area contributed by atoms with Gasteiger partial charge in [0.05, 0.1) is 18.4 Å². The molecule has 1 amide bonds. The van der Waals surface area contributed by atoms with Gasteiger partial charge in [0, 0.05) is 17.9 Å². The lowest BCUT2D eigenvalue weighted by molar-refractivity contribution is -0.112. The van der Waals surface area contributed by atoms with Gasteiger partial charge in [0.25, 0.3) is 5.91 Å². The van der Waals surface area contributed by atoms with Gasteiger partial charge in [-0.25, -0.2) is 4.79 Å². The molecule has 1 atom stereocenters. The molecular formula is C21H19N3O3. The van der Waals surface area contributed by atoms with E-state index >= 15 is 0 Å². The van der Waals surface area contributed by atoms with Gasteiger partial charge in [0.1, 0.15) is 11.6 Å². The Hall–Kier alpha value is -3.59. The van der Waals surface area contributed by atoms with E-state index in [2.05, 4.69) is 5.32 Å². The van der Waals surface area contributed by atoms with Crippen LogP contribution >= 0.6 is 0 Å². The highest BCUT2D eigenvalue weighted by molar-refractivity contribution is 6.09. The van der Waals surface area contributed by atoms with Gasteiger partial charge in [-0.05, 0) is 37.1 Å². The molecule has 27 heavy (non-hydrogen) atoms.